The van der Waals surface area contributed by atoms with Gasteiger partial charge in [-0.1, -0.05) is 13.0 Å². The zero-order valence-electron chi connectivity index (χ0n) is 19.6. The van der Waals surface area contributed by atoms with Gasteiger partial charge >= 0.3 is 0 Å². The molecule has 1 amide bonds. The molecule has 0 unspecified atom stereocenters. The average molecular weight is 530 g/mol. The van der Waals surface area contributed by atoms with Crippen molar-refractivity contribution in [2.45, 2.75) is 38.0 Å². The van der Waals surface area contributed by atoms with E-state index in [4.69, 9.17) is 0 Å². The lowest BCUT2D eigenvalue weighted by molar-refractivity contribution is 0.0974. The largest absolute Gasteiger partial charge is 0.331 e. The van der Waals surface area contributed by atoms with Gasteiger partial charge in [0.15, 0.2) is 11.6 Å². The molecule has 1 saturated carbocycles. The fourth-order valence-corrected chi connectivity index (χ4v) is 5.73. The Labute approximate surface area is 210 Å². The fourth-order valence-electron chi connectivity index (χ4n) is 4.45. The van der Waals surface area contributed by atoms with Crippen molar-refractivity contribution in [2.24, 2.45) is 0 Å². The molecule has 0 spiro atoms. The van der Waals surface area contributed by atoms with Crippen LogP contribution in [0.3, 0.4) is 0 Å². The Bertz CT molecular complexity index is 1720. The summed E-state index contributed by atoms with van der Waals surface area (Å²) in [6, 6.07) is 9.41. The quantitative estimate of drug-likeness (QED) is 0.350. The Morgan fingerprint density at radius 2 is 1.89 bits per heavy atom. The number of hydrogen-bond donors (Lipinski definition) is 2. The first kappa shape index (κ1) is 24.8. The third kappa shape index (κ3) is 4.55. The molecule has 0 radical (unpaired) electrons. The predicted octanol–water partition coefficient (Wildman–Crippen LogP) is 4.25. The molecule has 0 bridgehead atoms. The van der Waals surface area contributed by atoms with Crippen LogP contribution in [0.2, 0.25) is 0 Å². The SMILES string of the molecule is CCc1ccc2c(c1)c(-c1ccc[nH]c1=O)c(C(=O)NS(=O)(=O)C1CC1)n2Cc1cc(F)cc(F)c1F. The summed E-state index contributed by atoms with van der Waals surface area (Å²) >= 11 is 0. The summed E-state index contributed by atoms with van der Waals surface area (Å²) in [7, 11) is -4.00. The maximum atomic E-state index is 14.7. The van der Waals surface area contributed by atoms with Crippen LogP contribution in [0.1, 0.15) is 41.4 Å². The maximum Gasteiger partial charge on any atom is 0.282 e. The third-order valence-corrected chi connectivity index (χ3v) is 8.25. The van der Waals surface area contributed by atoms with Crippen LogP contribution < -0.4 is 10.3 Å². The molecule has 5 rings (SSSR count). The zero-order chi connectivity index (χ0) is 26.5. The van der Waals surface area contributed by atoms with Gasteiger partial charge in [0.25, 0.3) is 11.5 Å². The number of fused-ring (bicyclic) bond motifs is 1. The van der Waals surface area contributed by atoms with E-state index in [1.54, 1.807) is 24.3 Å². The van der Waals surface area contributed by atoms with E-state index in [1.807, 2.05) is 6.92 Å². The average Bonchev–Trinajstić information content (AvgIpc) is 3.67. The number of carbonyl (C=O) groups is 1. The number of nitrogens with zero attached hydrogens (tertiary/aromatic N) is 1. The van der Waals surface area contributed by atoms with Crippen LogP contribution in [0.15, 0.2) is 53.5 Å². The summed E-state index contributed by atoms with van der Waals surface area (Å²) in [5, 5.41) is -0.276. The van der Waals surface area contributed by atoms with Gasteiger partial charge in [-0.2, -0.15) is 0 Å². The monoisotopic (exact) mass is 529 g/mol. The van der Waals surface area contributed by atoms with Gasteiger partial charge in [-0.25, -0.2) is 26.3 Å². The number of carbonyl (C=O) groups excluding carboxylic acids is 1. The summed E-state index contributed by atoms with van der Waals surface area (Å²) in [6.45, 7) is 1.41. The van der Waals surface area contributed by atoms with Crippen LogP contribution in [-0.4, -0.2) is 29.1 Å². The minimum atomic E-state index is -4.00. The second-order valence-corrected chi connectivity index (χ2v) is 10.9. The number of amides is 1. The highest BCUT2D eigenvalue weighted by molar-refractivity contribution is 7.91. The number of aromatic nitrogens is 2. The van der Waals surface area contributed by atoms with E-state index in [-0.39, 0.29) is 22.4 Å². The van der Waals surface area contributed by atoms with E-state index in [0.29, 0.717) is 36.2 Å². The lowest BCUT2D eigenvalue weighted by Crippen LogP contribution is -2.35. The lowest BCUT2D eigenvalue weighted by Gasteiger charge is -2.14. The van der Waals surface area contributed by atoms with Crippen molar-refractivity contribution in [1.29, 1.82) is 0 Å². The van der Waals surface area contributed by atoms with E-state index in [1.165, 1.54) is 16.8 Å². The number of H-pyrrole nitrogens is 1. The molecule has 192 valence electrons. The number of aryl methyl sites for hydroxylation is 1. The van der Waals surface area contributed by atoms with E-state index in [9.17, 15) is 31.2 Å². The van der Waals surface area contributed by atoms with E-state index in [2.05, 4.69) is 9.71 Å². The molecular formula is C26H22F3N3O4S. The van der Waals surface area contributed by atoms with Crippen LogP contribution in [0, 0.1) is 17.5 Å². The number of aromatic amines is 1. The summed E-state index contributed by atoms with van der Waals surface area (Å²) in [6.07, 6.45) is 2.84. The van der Waals surface area contributed by atoms with Crippen molar-refractivity contribution in [3.63, 3.8) is 0 Å². The van der Waals surface area contributed by atoms with Crippen LogP contribution in [0.4, 0.5) is 13.2 Å². The summed E-state index contributed by atoms with van der Waals surface area (Å²) in [5.74, 6) is -4.75. The van der Waals surface area contributed by atoms with Gasteiger partial charge in [0.05, 0.1) is 11.8 Å². The smallest absolute Gasteiger partial charge is 0.282 e. The van der Waals surface area contributed by atoms with Crippen LogP contribution in [0.5, 0.6) is 0 Å². The highest BCUT2D eigenvalue weighted by Crippen LogP contribution is 2.36. The highest BCUT2D eigenvalue weighted by Gasteiger charge is 2.38. The van der Waals surface area contributed by atoms with Crippen molar-refractivity contribution < 1.29 is 26.4 Å². The van der Waals surface area contributed by atoms with Crippen LogP contribution >= 0.6 is 0 Å². The molecule has 2 heterocycles. The molecule has 1 aliphatic carbocycles. The number of halogens is 3. The Morgan fingerprint density at radius 1 is 1.14 bits per heavy atom. The standard InChI is InChI=1S/C26H22F3N3O4S/c1-2-14-5-8-21-19(10-14)22(18-4-3-9-30-25(18)33)24(26(34)31-37(35,36)17-6-7-17)32(21)13-15-11-16(27)12-20(28)23(15)29/h3-5,8-12,17H,2,6-7,13H2,1H3,(H,30,33)(H,31,34). The van der Waals surface area contributed by atoms with Gasteiger partial charge in [0, 0.05) is 39.9 Å². The van der Waals surface area contributed by atoms with Gasteiger partial charge in [0.1, 0.15) is 11.5 Å². The number of benzene rings is 2. The van der Waals surface area contributed by atoms with Crippen molar-refractivity contribution >= 4 is 26.8 Å². The Morgan fingerprint density at radius 3 is 2.57 bits per heavy atom. The minimum absolute atomic E-state index is 0.0827. The molecule has 1 fully saturated rings. The van der Waals surface area contributed by atoms with Gasteiger partial charge in [-0.3, -0.25) is 9.59 Å². The minimum Gasteiger partial charge on any atom is -0.331 e. The van der Waals surface area contributed by atoms with Crippen LogP contribution in [-0.2, 0) is 23.0 Å². The molecule has 4 aromatic rings. The molecule has 0 aliphatic heterocycles. The first-order valence-corrected chi connectivity index (χ1v) is 13.2. The molecule has 0 saturated heterocycles. The van der Waals surface area contributed by atoms with E-state index < -0.39 is 50.7 Å². The van der Waals surface area contributed by atoms with E-state index >= 15 is 0 Å². The number of nitrogens with one attached hydrogen (secondary N) is 2. The first-order chi connectivity index (χ1) is 17.6. The molecule has 1 aliphatic rings. The molecule has 11 heteroatoms. The summed E-state index contributed by atoms with van der Waals surface area (Å²) < 4.78 is 71.4. The summed E-state index contributed by atoms with van der Waals surface area (Å²) in [4.78, 5) is 29.0. The Hall–Kier alpha value is -3.86. The number of hydrogen-bond acceptors (Lipinski definition) is 4. The first-order valence-electron chi connectivity index (χ1n) is 11.6. The second-order valence-electron chi connectivity index (χ2n) is 8.96. The Kier molecular flexibility index (Phi) is 6.18. The van der Waals surface area contributed by atoms with Gasteiger partial charge in [-0.15, -0.1) is 0 Å². The van der Waals surface area contributed by atoms with Gasteiger partial charge < -0.3 is 9.55 Å². The van der Waals surface area contributed by atoms with Gasteiger partial charge in [-0.05, 0) is 55.2 Å². The van der Waals surface area contributed by atoms with Crippen molar-refractivity contribution in [2.75, 3.05) is 0 Å². The van der Waals surface area contributed by atoms with Gasteiger partial charge in [0.2, 0.25) is 10.0 Å². The normalized spacial score (nSPS) is 13.7. The number of sulfonamides is 1. The topological polar surface area (TPSA) is 101 Å². The van der Waals surface area contributed by atoms with Crippen molar-refractivity contribution in [3.05, 3.63) is 93.3 Å². The predicted molar refractivity (Wildman–Crippen MR) is 132 cm³/mol. The molecule has 37 heavy (non-hydrogen) atoms. The second kappa shape index (κ2) is 9.22. The fraction of sp³-hybridized carbons (Fsp3) is 0.231. The number of pyridine rings is 1. The van der Waals surface area contributed by atoms with E-state index in [0.717, 1.165) is 11.6 Å². The molecule has 2 aromatic heterocycles. The maximum absolute atomic E-state index is 14.7. The molecule has 2 aromatic carbocycles. The molecular weight excluding hydrogens is 507 g/mol. The van der Waals surface area contributed by atoms with Crippen molar-refractivity contribution in [1.82, 2.24) is 14.3 Å². The Balaban J connectivity index is 1.83. The van der Waals surface area contributed by atoms with Crippen molar-refractivity contribution in [3.8, 4) is 11.1 Å². The zero-order valence-corrected chi connectivity index (χ0v) is 20.5. The lowest BCUT2D eigenvalue weighted by atomic mass is 10.0. The molecule has 0 atom stereocenters. The molecule has 7 nitrogen and oxygen atoms in total. The number of rotatable bonds is 7. The highest BCUT2D eigenvalue weighted by atomic mass is 32.2. The van der Waals surface area contributed by atoms with Crippen LogP contribution in [0.25, 0.3) is 22.0 Å². The third-order valence-electron chi connectivity index (χ3n) is 6.43. The molecule has 2 N–H and O–H groups in total. The summed E-state index contributed by atoms with van der Waals surface area (Å²) in [5.41, 5.74) is 0.264.